The average molecular weight is 388 g/mol. The van der Waals surface area contributed by atoms with Crippen LogP contribution in [0.2, 0.25) is 0 Å². The molecule has 0 saturated carbocycles. The van der Waals surface area contributed by atoms with Crippen LogP contribution in [0.25, 0.3) is 5.76 Å². The zero-order valence-corrected chi connectivity index (χ0v) is 15.0. The van der Waals surface area contributed by atoms with Crippen molar-refractivity contribution >= 4 is 39.1 Å². The predicted molar refractivity (Wildman–Crippen MR) is 98.1 cm³/mol. The number of benzene rings is 2. The summed E-state index contributed by atoms with van der Waals surface area (Å²) < 4.78 is 25.5. The molecule has 0 aliphatic heterocycles. The molecule has 0 saturated heterocycles. The Bertz CT molecular complexity index is 996. The van der Waals surface area contributed by atoms with Gasteiger partial charge in [-0.2, -0.15) is 0 Å². The Morgan fingerprint density at radius 3 is 2.11 bits per heavy atom. The third-order valence-corrected chi connectivity index (χ3v) is 4.71. The number of hydrogen-bond acceptors (Lipinski definition) is 6. The maximum atomic E-state index is 11.9. The molecular formula is C18H16N2O6S. The van der Waals surface area contributed by atoms with Gasteiger partial charge >= 0.3 is 0 Å². The van der Waals surface area contributed by atoms with Crippen molar-refractivity contribution in [1.82, 2.24) is 4.72 Å². The molecule has 0 aliphatic carbocycles. The second-order valence-corrected chi connectivity index (χ2v) is 7.08. The average Bonchev–Trinajstić information content (AvgIpc) is 2.61. The molecule has 0 aromatic heterocycles. The van der Waals surface area contributed by atoms with Crippen molar-refractivity contribution in [3.63, 3.8) is 0 Å². The minimum absolute atomic E-state index is 0.169. The molecule has 0 aliphatic rings. The van der Waals surface area contributed by atoms with Crippen molar-refractivity contribution in [1.29, 1.82) is 0 Å². The molecule has 2 rings (SSSR count). The Labute approximate surface area is 155 Å². The number of rotatable bonds is 6. The first kappa shape index (κ1) is 19.9. The Balaban J connectivity index is 2.07. The van der Waals surface area contributed by atoms with Crippen molar-refractivity contribution in [2.75, 3.05) is 5.32 Å². The summed E-state index contributed by atoms with van der Waals surface area (Å²) in [6, 6.07) is 13.1. The van der Waals surface area contributed by atoms with Crippen LogP contribution in [0.4, 0.5) is 5.69 Å². The summed E-state index contributed by atoms with van der Waals surface area (Å²) in [5, 5.41) is 12.2. The van der Waals surface area contributed by atoms with E-state index < -0.39 is 27.6 Å². The van der Waals surface area contributed by atoms with Crippen molar-refractivity contribution in [2.24, 2.45) is 0 Å². The SMILES string of the molecule is CC(=O)NS(=O)(=O)c1ccc(NC(=O)C(=O)C=C(O)c2ccccc2)cc1. The van der Waals surface area contributed by atoms with Crippen molar-refractivity contribution in [3.05, 3.63) is 66.2 Å². The van der Waals surface area contributed by atoms with E-state index in [9.17, 15) is 27.9 Å². The number of ketones is 1. The molecule has 3 N–H and O–H groups in total. The lowest BCUT2D eigenvalue weighted by Crippen LogP contribution is -2.28. The highest BCUT2D eigenvalue weighted by Gasteiger charge is 2.17. The zero-order valence-electron chi connectivity index (χ0n) is 14.2. The van der Waals surface area contributed by atoms with Crippen LogP contribution in [0.15, 0.2) is 65.6 Å². The Morgan fingerprint density at radius 2 is 1.56 bits per heavy atom. The van der Waals surface area contributed by atoms with E-state index in [1.807, 2.05) is 4.72 Å². The molecule has 0 radical (unpaired) electrons. The van der Waals surface area contributed by atoms with Gasteiger partial charge in [-0.15, -0.1) is 0 Å². The van der Waals surface area contributed by atoms with E-state index in [1.54, 1.807) is 30.3 Å². The van der Waals surface area contributed by atoms with E-state index in [1.165, 1.54) is 24.3 Å². The number of amides is 2. The van der Waals surface area contributed by atoms with E-state index in [0.717, 1.165) is 13.0 Å². The first-order valence-corrected chi connectivity index (χ1v) is 9.12. The van der Waals surface area contributed by atoms with Crippen LogP contribution < -0.4 is 10.0 Å². The highest BCUT2D eigenvalue weighted by atomic mass is 32.2. The van der Waals surface area contributed by atoms with E-state index in [0.29, 0.717) is 5.56 Å². The molecule has 0 fully saturated rings. The number of aliphatic hydroxyl groups is 1. The molecule has 9 heteroatoms. The first-order chi connectivity index (χ1) is 12.7. The minimum atomic E-state index is -3.99. The minimum Gasteiger partial charge on any atom is -0.507 e. The van der Waals surface area contributed by atoms with Crippen molar-refractivity contribution in [3.8, 4) is 0 Å². The maximum absolute atomic E-state index is 11.9. The third-order valence-electron chi connectivity index (χ3n) is 3.26. The van der Waals surface area contributed by atoms with Crippen LogP contribution in [0.3, 0.4) is 0 Å². The van der Waals surface area contributed by atoms with Gasteiger partial charge in [0, 0.05) is 24.3 Å². The van der Waals surface area contributed by atoms with Gasteiger partial charge in [-0.1, -0.05) is 30.3 Å². The summed E-state index contributed by atoms with van der Waals surface area (Å²) in [5.74, 6) is -3.07. The monoisotopic (exact) mass is 388 g/mol. The largest absolute Gasteiger partial charge is 0.507 e. The number of hydrogen-bond donors (Lipinski definition) is 3. The van der Waals surface area contributed by atoms with E-state index in [4.69, 9.17) is 0 Å². The molecule has 0 spiro atoms. The van der Waals surface area contributed by atoms with E-state index in [2.05, 4.69) is 5.32 Å². The fraction of sp³-hybridized carbons (Fsp3) is 0.0556. The summed E-state index contributed by atoms with van der Waals surface area (Å²) in [7, 11) is -3.99. The lowest BCUT2D eigenvalue weighted by molar-refractivity contribution is -0.131. The van der Waals surface area contributed by atoms with Gasteiger partial charge in [-0.25, -0.2) is 13.1 Å². The van der Waals surface area contributed by atoms with Crippen molar-refractivity contribution in [2.45, 2.75) is 11.8 Å². The van der Waals surface area contributed by atoms with Gasteiger partial charge < -0.3 is 10.4 Å². The van der Waals surface area contributed by atoms with Gasteiger partial charge in [-0.05, 0) is 24.3 Å². The summed E-state index contributed by atoms with van der Waals surface area (Å²) in [6.45, 7) is 1.07. The molecule has 0 heterocycles. The maximum Gasteiger partial charge on any atom is 0.296 e. The molecule has 0 bridgehead atoms. The van der Waals surface area contributed by atoms with Gasteiger partial charge in [0.1, 0.15) is 5.76 Å². The smallest absolute Gasteiger partial charge is 0.296 e. The lowest BCUT2D eigenvalue weighted by atomic mass is 10.1. The normalized spacial score (nSPS) is 11.5. The van der Waals surface area contributed by atoms with Crippen LogP contribution in [0.5, 0.6) is 0 Å². The molecule has 2 aromatic rings. The summed E-state index contributed by atoms with van der Waals surface area (Å²) in [4.78, 5) is 34.5. The number of carbonyl (C=O) groups is 3. The molecule has 2 amide bonds. The molecule has 8 nitrogen and oxygen atoms in total. The quantitative estimate of drug-likeness (QED) is 0.392. The molecule has 27 heavy (non-hydrogen) atoms. The molecule has 0 unspecified atom stereocenters. The molecule has 140 valence electrons. The number of sulfonamides is 1. The predicted octanol–water partition coefficient (Wildman–Crippen LogP) is 1.62. The number of anilines is 1. The van der Waals surface area contributed by atoms with Crippen LogP contribution in [-0.4, -0.2) is 31.1 Å². The van der Waals surface area contributed by atoms with Gasteiger partial charge in [0.05, 0.1) is 4.90 Å². The van der Waals surface area contributed by atoms with Crippen LogP contribution >= 0.6 is 0 Å². The standard InChI is InChI=1S/C18H16N2O6S/c1-12(21)20-27(25,26)15-9-7-14(8-10-15)19-18(24)17(23)11-16(22)13-5-3-2-4-6-13/h2-11,22H,1H3,(H,19,24)(H,20,21). The summed E-state index contributed by atoms with van der Waals surface area (Å²) in [5.41, 5.74) is 0.550. The molecular weight excluding hydrogens is 372 g/mol. The van der Waals surface area contributed by atoms with Crippen LogP contribution in [-0.2, 0) is 24.4 Å². The molecule has 0 atom stereocenters. The van der Waals surface area contributed by atoms with E-state index >= 15 is 0 Å². The third kappa shape index (κ3) is 5.51. The van der Waals surface area contributed by atoms with Crippen LogP contribution in [0.1, 0.15) is 12.5 Å². The number of aliphatic hydroxyl groups excluding tert-OH is 1. The Hall–Kier alpha value is -3.46. The second kappa shape index (κ2) is 8.28. The van der Waals surface area contributed by atoms with Gasteiger partial charge in [0.15, 0.2) is 0 Å². The Kier molecular flexibility index (Phi) is 6.09. The van der Waals surface area contributed by atoms with Crippen LogP contribution in [0, 0.1) is 0 Å². The lowest BCUT2D eigenvalue weighted by Gasteiger charge is -2.07. The number of nitrogens with one attached hydrogen (secondary N) is 2. The van der Waals surface area contributed by atoms with Gasteiger partial charge in [-0.3, -0.25) is 14.4 Å². The van der Waals surface area contributed by atoms with Crippen molar-refractivity contribution < 1.29 is 27.9 Å². The Morgan fingerprint density at radius 1 is 0.963 bits per heavy atom. The summed E-state index contributed by atoms with van der Waals surface area (Å²) >= 11 is 0. The zero-order chi connectivity index (χ0) is 20.0. The number of carbonyl (C=O) groups excluding carboxylic acids is 3. The first-order valence-electron chi connectivity index (χ1n) is 7.64. The fourth-order valence-electron chi connectivity index (χ4n) is 2.04. The second-order valence-electron chi connectivity index (χ2n) is 5.40. The topological polar surface area (TPSA) is 130 Å². The van der Waals surface area contributed by atoms with E-state index in [-0.39, 0.29) is 16.3 Å². The molecule has 2 aromatic carbocycles. The highest BCUT2D eigenvalue weighted by Crippen LogP contribution is 2.15. The fourth-order valence-corrected chi connectivity index (χ4v) is 3.03. The van der Waals surface area contributed by atoms with Gasteiger partial charge in [0.2, 0.25) is 11.7 Å². The summed E-state index contributed by atoms with van der Waals surface area (Å²) in [6.07, 6.45) is 0.792. The highest BCUT2D eigenvalue weighted by molar-refractivity contribution is 7.90. The van der Waals surface area contributed by atoms with Gasteiger partial charge in [0.25, 0.3) is 15.9 Å².